The number of benzene rings is 2. The molecule has 0 saturated carbocycles. The first-order valence-corrected chi connectivity index (χ1v) is 8.98. The minimum absolute atomic E-state index is 0.0702. The van der Waals surface area contributed by atoms with Crippen LogP contribution < -0.4 is 15.5 Å². The molecule has 1 fully saturated rings. The number of phenolic OH excluding ortho intramolecular Hbond substituents is 1. The summed E-state index contributed by atoms with van der Waals surface area (Å²) in [4.78, 5) is 28.6. The number of hydrogen-bond acceptors (Lipinski definition) is 4. The summed E-state index contributed by atoms with van der Waals surface area (Å²) in [5.41, 5.74) is 1.63. The molecule has 27 heavy (non-hydrogen) atoms. The van der Waals surface area contributed by atoms with Gasteiger partial charge >= 0.3 is 6.03 Å². The summed E-state index contributed by atoms with van der Waals surface area (Å²) in [5, 5.41) is 14.9. The van der Waals surface area contributed by atoms with Crippen LogP contribution in [0.3, 0.4) is 0 Å². The van der Waals surface area contributed by atoms with Gasteiger partial charge in [0, 0.05) is 43.6 Å². The smallest absolute Gasteiger partial charge is 0.318 e. The molecule has 7 heteroatoms. The molecule has 3 rings (SSSR count). The summed E-state index contributed by atoms with van der Waals surface area (Å²) in [6, 6.07) is 15.5. The summed E-state index contributed by atoms with van der Waals surface area (Å²) in [6.07, 6.45) is 0. The number of piperazine rings is 1. The highest BCUT2D eigenvalue weighted by Crippen LogP contribution is 2.16. The average molecular weight is 368 g/mol. The fraction of sp³-hybridized carbons (Fsp3) is 0.300. The second-order valence-electron chi connectivity index (χ2n) is 6.52. The van der Waals surface area contributed by atoms with Crippen LogP contribution in [0.2, 0.25) is 0 Å². The molecule has 0 aromatic heterocycles. The standard InChI is InChI=1S/C20H24N4O3/c1-15(19(26)22-16-6-5-9-18(25)14-16)21-20(27)24-12-10-23(11-13-24)17-7-3-2-4-8-17/h2-9,14-15,25H,10-13H2,1H3,(H,21,27)(H,22,26)/t15-/m0/s1. The van der Waals surface area contributed by atoms with Gasteiger partial charge in [0.05, 0.1) is 0 Å². The molecular weight excluding hydrogens is 344 g/mol. The van der Waals surface area contributed by atoms with Crippen molar-refractivity contribution in [2.24, 2.45) is 0 Å². The van der Waals surface area contributed by atoms with E-state index >= 15 is 0 Å². The Bertz CT molecular complexity index is 789. The molecule has 0 spiro atoms. The molecule has 1 atom stereocenters. The van der Waals surface area contributed by atoms with Gasteiger partial charge in [0.1, 0.15) is 11.8 Å². The number of aromatic hydroxyl groups is 1. The molecule has 142 valence electrons. The zero-order valence-corrected chi connectivity index (χ0v) is 15.3. The van der Waals surface area contributed by atoms with Crippen LogP contribution in [-0.4, -0.2) is 54.2 Å². The van der Waals surface area contributed by atoms with E-state index in [1.54, 1.807) is 24.0 Å². The van der Waals surface area contributed by atoms with Crippen LogP contribution in [-0.2, 0) is 4.79 Å². The Hall–Kier alpha value is -3.22. The van der Waals surface area contributed by atoms with Gasteiger partial charge < -0.3 is 25.5 Å². The Balaban J connectivity index is 1.48. The van der Waals surface area contributed by atoms with Crippen molar-refractivity contribution in [3.05, 3.63) is 54.6 Å². The zero-order valence-electron chi connectivity index (χ0n) is 15.3. The molecule has 7 nitrogen and oxygen atoms in total. The van der Waals surface area contributed by atoms with Gasteiger partial charge in [0.15, 0.2) is 0 Å². The molecule has 1 heterocycles. The highest BCUT2D eigenvalue weighted by atomic mass is 16.3. The zero-order chi connectivity index (χ0) is 19.2. The number of carbonyl (C=O) groups excluding carboxylic acids is 2. The second kappa shape index (κ2) is 8.44. The molecule has 0 bridgehead atoms. The van der Waals surface area contributed by atoms with Gasteiger partial charge in [-0.05, 0) is 31.2 Å². The van der Waals surface area contributed by atoms with Crippen molar-refractivity contribution < 1.29 is 14.7 Å². The van der Waals surface area contributed by atoms with Crippen LogP contribution in [0, 0.1) is 0 Å². The fourth-order valence-corrected chi connectivity index (χ4v) is 2.98. The fourth-order valence-electron chi connectivity index (χ4n) is 2.98. The van der Waals surface area contributed by atoms with Crippen molar-refractivity contribution in [2.45, 2.75) is 13.0 Å². The van der Waals surface area contributed by atoms with E-state index < -0.39 is 6.04 Å². The highest BCUT2D eigenvalue weighted by molar-refractivity contribution is 5.96. The number of nitrogens with zero attached hydrogens (tertiary/aromatic N) is 2. The maximum atomic E-state index is 12.4. The third-order valence-electron chi connectivity index (χ3n) is 4.54. The molecule has 2 aromatic carbocycles. The monoisotopic (exact) mass is 368 g/mol. The predicted molar refractivity (Wildman–Crippen MR) is 105 cm³/mol. The van der Waals surface area contributed by atoms with E-state index in [0.717, 1.165) is 18.8 Å². The van der Waals surface area contributed by atoms with E-state index in [9.17, 15) is 14.7 Å². The second-order valence-corrected chi connectivity index (χ2v) is 6.52. The lowest BCUT2D eigenvalue weighted by atomic mass is 10.2. The molecule has 1 aliphatic rings. The summed E-state index contributed by atoms with van der Waals surface area (Å²) >= 11 is 0. The Morgan fingerprint density at radius 1 is 1.00 bits per heavy atom. The Morgan fingerprint density at radius 3 is 2.37 bits per heavy atom. The number of hydrogen-bond donors (Lipinski definition) is 3. The van der Waals surface area contributed by atoms with Crippen molar-refractivity contribution >= 4 is 23.3 Å². The van der Waals surface area contributed by atoms with E-state index in [1.807, 2.05) is 18.2 Å². The molecule has 3 N–H and O–H groups in total. The molecule has 0 unspecified atom stereocenters. The third kappa shape index (κ3) is 4.91. The van der Waals surface area contributed by atoms with E-state index in [1.165, 1.54) is 12.1 Å². The highest BCUT2D eigenvalue weighted by Gasteiger charge is 2.24. The van der Waals surface area contributed by atoms with Crippen molar-refractivity contribution in [3.63, 3.8) is 0 Å². The quantitative estimate of drug-likeness (QED) is 0.773. The molecular formula is C20H24N4O3. The lowest BCUT2D eigenvalue weighted by Crippen LogP contribution is -2.54. The molecule has 1 aliphatic heterocycles. The van der Waals surface area contributed by atoms with E-state index in [-0.39, 0.29) is 17.7 Å². The first-order valence-electron chi connectivity index (χ1n) is 8.98. The normalized spacial score (nSPS) is 15.1. The van der Waals surface area contributed by atoms with Crippen LogP contribution in [0.1, 0.15) is 6.92 Å². The van der Waals surface area contributed by atoms with Crippen LogP contribution in [0.4, 0.5) is 16.2 Å². The van der Waals surface area contributed by atoms with Crippen LogP contribution >= 0.6 is 0 Å². The summed E-state index contributed by atoms with van der Waals surface area (Å²) in [5.74, 6) is -0.266. The van der Waals surface area contributed by atoms with Gasteiger partial charge in [-0.1, -0.05) is 24.3 Å². The van der Waals surface area contributed by atoms with E-state index in [4.69, 9.17) is 0 Å². The lowest BCUT2D eigenvalue weighted by Gasteiger charge is -2.36. The van der Waals surface area contributed by atoms with Crippen molar-refractivity contribution in [1.82, 2.24) is 10.2 Å². The number of rotatable bonds is 4. The van der Waals surface area contributed by atoms with Gasteiger partial charge in [-0.3, -0.25) is 4.79 Å². The van der Waals surface area contributed by atoms with Crippen LogP contribution in [0.25, 0.3) is 0 Å². The average Bonchev–Trinajstić information content (AvgIpc) is 2.68. The molecule has 2 aromatic rings. The molecule has 3 amide bonds. The Labute approximate surface area is 158 Å². The number of amides is 3. The van der Waals surface area contributed by atoms with E-state index in [0.29, 0.717) is 18.8 Å². The maximum Gasteiger partial charge on any atom is 0.318 e. The first kappa shape index (κ1) is 18.6. The number of urea groups is 1. The first-order chi connectivity index (χ1) is 13.0. The van der Waals surface area contributed by atoms with Crippen molar-refractivity contribution in [3.8, 4) is 5.75 Å². The number of para-hydroxylation sites is 1. The molecule has 0 aliphatic carbocycles. The summed E-state index contributed by atoms with van der Waals surface area (Å²) < 4.78 is 0. The Morgan fingerprint density at radius 2 is 1.70 bits per heavy atom. The van der Waals surface area contributed by atoms with Gasteiger partial charge in [0.2, 0.25) is 5.91 Å². The van der Waals surface area contributed by atoms with Gasteiger partial charge in [-0.25, -0.2) is 4.79 Å². The third-order valence-corrected chi connectivity index (χ3v) is 4.54. The lowest BCUT2D eigenvalue weighted by molar-refractivity contribution is -0.117. The van der Waals surface area contributed by atoms with Crippen LogP contribution in [0.15, 0.2) is 54.6 Å². The van der Waals surface area contributed by atoms with Gasteiger partial charge in [-0.15, -0.1) is 0 Å². The Kier molecular flexibility index (Phi) is 5.80. The van der Waals surface area contributed by atoms with Crippen molar-refractivity contribution in [1.29, 1.82) is 0 Å². The number of carbonyl (C=O) groups is 2. The van der Waals surface area contributed by atoms with Crippen molar-refractivity contribution in [2.75, 3.05) is 36.4 Å². The van der Waals surface area contributed by atoms with Gasteiger partial charge in [-0.2, -0.15) is 0 Å². The van der Waals surface area contributed by atoms with Crippen LogP contribution in [0.5, 0.6) is 5.75 Å². The number of anilines is 2. The SMILES string of the molecule is C[C@H](NC(=O)N1CCN(c2ccccc2)CC1)C(=O)Nc1cccc(O)c1. The van der Waals surface area contributed by atoms with Gasteiger partial charge in [0.25, 0.3) is 0 Å². The number of phenols is 1. The minimum atomic E-state index is -0.688. The summed E-state index contributed by atoms with van der Waals surface area (Å²) in [6.45, 7) is 4.34. The van der Waals surface area contributed by atoms with E-state index in [2.05, 4.69) is 27.7 Å². The molecule has 1 saturated heterocycles. The molecule has 0 radical (unpaired) electrons. The topological polar surface area (TPSA) is 84.9 Å². The predicted octanol–water partition coefficient (Wildman–Crippen LogP) is 2.25. The minimum Gasteiger partial charge on any atom is -0.508 e. The maximum absolute atomic E-state index is 12.4. The number of nitrogens with one attached hydrogen (secondary N) is 2. The summed E-state index contributed by atoms with van der Waals surface area (Å²) in [7, 11) is 0. The largest absolute Gasteiger partial charge is 0.508 e.